The number of carbonyl (C=O) groups excluding carboxylic acids is 1. The van der Waals surface area contributed by atoms with Crippen LogP contribution < -0.4 is 38.2 Å². The number of ether oxygens (including phenoxy) is 2. The Hall–Kier alpha value is -3.17. The van der Waals surface area contributed by atoms with Gasteiger partial charge in [-0.15, -0.1) is 0 Å². The normalized spacial score (nSPS) is 14.8. The molecule has 0 bridgehead atoms. The van der Waals surface area contributed by atoms with Crippen LogP contribution in [0.5, 0.6) is 5.75 Å². The van der Waals surface area contributed by atoms with Crippen LogP contribution in [-0.2, 0) is 16.6 Å². The van der Waals surface area contributed by atoms with Crippen molar-refractivity contribution in [2.45, 2.75) is 0 Å². The van der Waals surface area contributed by atoms with Gasteiger partial charge in [-0.1, -0.05) is 12.1 Å². The monoisotopic (exact) mass is 593 g/mol. The SMILES string of the molecule is COc1cc2c3c([n+](C)c4ccc(/C=C/C(=O)N5CCOCC5)cc4c3c1)-c1ccccc1N2C.[I-]. The lowest BCUT2D eigenvalue weighted by Crippen LogP contribution is -3.00. The number of benzene rings is 3. The molecule has 4 aromatic rings. The number of halogens is 1. The van der Waals surface area contributed by atoms with Gasteiger partial charge in [0, 0.05) is 43.7 Å². The minimum atomic E-state index is 0. The minimum absolute atomic E-state index is 0. The van der Waals surface area contributed by atoms with Crippen LogP contribution in [-0.4, -0.2) is 51.3 Å². The fourth-order valence-electron chi connectivity index (χ4n) is 5.37. The summed E-state index contributed by atoms with van der Waals surface area (Å²) < 4.78 is 13.4. The fraction of sp³-hybridized carbons (Fsp3) is 0.241. The summed E-state index contributed by atoms with van der Waals surface area (Å²) in [7, 11) is 5.95. The second kappa shape index (κ2) is 9.71. The maximum atomic E-state index is 12.6. The molecular formula is C29H28IN3O3. The number of para-hydroxylation sites is 1. The molecule has 184 valence electrons. The van der Waals surface area contributed by atoms with E-state index in [1.165, 1.54) is 22.3 Å². The average Bonchev–Trinajstić information content (AvgIpc) is 2.91. The number of rotatable bonds is 3. The van der Waals surface area contributed by atoms with Gasteiger partial charge in [0.25, 0.3) is 0 Å². The lowest BCUT2D eigenvalue weighted by atomic mass is 9.92. The molecule has 3 heterocycles. The predicted molar refractivity (Wildman–Crippen MR) is 139 cm³/mol. The molecule has 2 aliphatic rings. The van der Waals surface area contributed by atoms with E-state index < -0.39 is 0 Å². The van der Waals surface area contributed by atoms with E-state index in [-0.39, 0.29) is 29.9 Å². The van der Waals surface area contributed by atoms with Crippen molar-refractivity contribution >= 4 is 45.0 Å². The molecule has 1 fully saturated rings. The van der Waals surface area contributed by atoms with Crippen LogP contribution in [0.3, 0.4) is 0 Å². The van der Waals surface area contributed by atoms with Crippen molar-refractivity contribution in [3.63, 3.8) is 0 Å². The molecule has 1 saturated heterocycles. The topological polar surface area (TPSA) is 45.9 Å². The molecular weight excluding hydrogens is 565 g/mol. The molecule has 2 aliphatic heterocycles. The summed E-state index contributed by atoms with van der Waals surface area (Å²) in [5.41, 5.74) is 6.82. The van der Waals surface area contributed by atoms with E-state index in [0.717, 1.165) is 33.3 Å². The summed E-state index contributed by atoms with van der Waals surface area (Å²) in [6, 6.07) is 19.1. The largest absolute Gasteiger partial charge is 1.00 e. The highest BCUT2D eigenvalue weighted by atomic mass is 127. The van der Waals surface area contributed by atoms with Gasteiger partial charge in [-0.3, -0.25) is 4.79 Å². The van der Waals surface area contributed by atoms with Gasteiger partial charge in [-0.25, -0.2) is 0 Å². The Balaban J connectivity index is 0.00000267. The molecule has 7 heteroatoms. The van der Waals surface area contributed by atoms with E-state index in [9.17, 15) is 4.79 Å². The zero-order valence-electron chi connectivity index (χ0n) is 20.6. The third-order valence-electron chi connectivity index (χ3n) is 7.19. The van der Waals surface area contributed by atoms with Crippen LogP contribution >= 0.6 is 0 Å². The van der Waals surface area contributed by atoms with Gasteiger partial charge in [0.1, 0.15) is 12.8 Å². The van der Waals surface area contributed by atoms with Crippen LogP contribution in [0.4, 0.5) is 11.4 Å². The number of fused-ring (bicyclic) bond motifs is 4. The number of amides is 1. The van der Waals surface area contributed by atoms with Gasteiger partial charge in [0.15, 0.2) is 0 Å². The highest BCUT2D eigenvalue weighted by Crippen LogP contribution is 2.48. The lowest BCUT2D eigenvalue weighted by Gasteiger charge is -2.29. The Morgan fingerprint density at radius 3 is 2.58 bits per heavy atom. The number of hydrogen-bond acceptors (Lipinski definition) is 4. The van der Waals surface area contributed by atoms with E-state index in [0.29, 0.717) is 26.3 Å². The molecule has 0 N–H and O–H groups in total. The summed E-state index contributed by atoms with van der Waals surface area (Å²) in [6.07, 6.45) is 3.58. The van der Waals surface area contributed by atoms with E-state index >= 15 is 0 Å². The Kier molecular flexibility index (Phi) is 6.61. The molecule has 0 unspecified atom stereocenters. The number of methoxy groups -OCH3 is 1. The van der Waals surface area contributed by atoms with Crippen molar-refractivity contribution in [1.29, 1.82) is 0 Å². The molecule has 0 aliphatic carbocycles. The number of aromatic nitrogens is 1. The van der Waals surface area contributed by atoms with Crippen molar-refractivity contribution in [3.05, 3.63) is 66.2 Å². The van der Waals surface area contributed by atoms with Gasteiger partial charge in [0.2, 0.25) is 17.1 Å². The zero-order chi connectivity index (χ0) is 24.1. The number of nitrogens with zero attached hydrogens (tertiary/aromatic N) is 3. The predicted octanol–water partition coefficient (Wildman–Crippen LogP) is 1.45. The van der Waals surface area contributed by atoms with Crippen LogP contribution in [0.1, 0.15) is 5.56 Å². The number of hydrogen-bond donors (Lipinski definition) is 0. The van der Waals surface area contributed by atoms with Crippen LogP contribution in [0.25, 0.3) is 39.0 Å². The fourth-order valence-corrected chi connectivity index (χ4v) is 5.37. The maximum Gasteiger partial charge on any atom is 0.246 e. The molecule has 1 amide bonds. The van der Waals surface area contributed by atoms with Gasteiger partial charge in [-0.05, 0) is 42.0 Å². The number of pyridine rings is 1. The van der Waals surface area contributed by atoms with Crippen LogP contribution in [0, 0.1) is 0 Å². The Bertz CT molecular complexity index is 1530. The summed E-state index contributed by atoms with van der Waals surface area (Å²) in [6.45, 7) is 2.48. The molecule has 36 heavy (non-hydrogen) atoms. The van der Waals surface area contributed by atoms with Gasteiger partial charge in [0.05, 0.1) is 48.0 Å². The van der Waals surface area contributed by atoms with Gasteiger partial charge in [-0.2, -0.15) is 4.57 Å². The zero-order valence-corrected chi connectivity index (χ0v) is 22.8. The van der Waals surface area contributed by atoms with E-state index in [1.54, 1.807) is 13.2 Å². The van der Waals surface area contributed by atoms with Crippen molar-refractivity contribution in [2.24, 2.45) is 7.05 Å². The summed E-state index contributed by atoms with van der Waals surface area (Å²) in [5, 5.41) is 3.46. The smallest absolute Gasteiger partial charge is 0.246 e. The second-order valence-corrected chi connectivity index (χ2v) is 9.10. The van der Waals surface area contributed by atoms with Crippen molar-refractivity contribution in [1.82, 2.24) is 4.90 Å². The minimum Gasteiger partial charge on any atom is -1.00 e. The third kappa shape index (κ3) is 3.90. The summed E-state index contributed by atoms with van der Waals surface area (Å²) >= 11 is 0. The summed E-state index contributed by atoms with van der Waals surface area (Å²) in [5.74, 6) is 0.846. The second-order valence-electron chi connectivity index (χ2n) is 9.10. The van der Waals surface area contributed by atoms with E-state index in [2.05, 4.69) is 78.2 Å². The molecule has 0 spiro atoms. The molecule has 0 atom stereocenters. The van der Waals surface area contributed by atoms with E-state index in [1.807, 2.05) is 11.0 Å². The van der Waals surface area contributed by atoms with Gasteiger partial charge >= 0.3 is 0 Å². The number of morpholine rings is 1. The Morgan fingerprint density at radius 1 is 1.03 bits per heavy atom. The number of anilines is 2. The molecule has 0 saturated carbocycles. The first-order valence-electron chi connectivity index (χ1n) is 11.9. The molecule has 3 aromatic carbocycles. The van der Waals surface area contributed by atoms with Crippen molar-refractivity contribution < 1.29 is 42.8 Å². The molecule has 6 rings (SSSR count). The highest BCUT2D eigenvalue weighted by molar-refractivity contribution is 6.18. The lowest BCUT2D eigenvalue weighted by molar-refractivity contribution is -0.632. The number of carbonyl (C=O) groups is 1. The average molecular weight is 593 g/mol. The van der Waals surface area contributed by atoms with E-state index in [4.69, 9.17) is 9.47 Å². The number of aryl methyl sites for hydroxylation is 1. The van der Waals surface area contributed by atoms with Crippen LogP contribution in [0.15, 0.2) is 60.7 Å². The Labute approximate surface area is 227 Å². The third-order valence-corrected chi connectivity index (χ3v) is 7.19. The van der Waals surface area contributed by atoms with Crippen molar-refractivity contribution in [2.75, 3.05) is 45.4 Å². The molecule has 6 nitrogen and oxygen atoms in total. The van der Waals surface area contributed by atoms with Gasteiger partial charge < -0.3 is 43.3 Å². The first kappa shape index (κ1) is 24.5. The first-order valence-corrected chi connectivity index (χ1v) is 11.9. The first-order chi connectivity index (χ1) is 17.1. The molecule has 0 radical (unpaired) electrons. The van der Waals surface area contributed by atoms with Crippen molar-refractivity contribution in [3.8, 4) is 17.0 Å². The van der Waals surface area contributed by atoms with Crippen LogP contribution in [0.2, 0.25) is 0 Å². The summed E-state index contributed by atoms with van der Waals surface area (Å²) in [4.78, 5) is 16.7. The maximum absolute atomic E-state index is 12.6. The standard InChI is InChI=1S/C29H28N3O3.HI/c1-30-24-7-5-4-6-21(24)29-28-23(17-20(34-3)18-26(28)30)22-16-19(8-10-25(22)31(29)2)9-11-27(33)32-12-14-35-15-13-32;/h4-11,16-18H,12-15H2,1-3H3;1H/q+1;/p-1/b11-9+;. The highest BCUT2D eigenvalue weighted by Gasteiger charge is 2.31. The Morgan fingerprint density at radius 2 is 1.81 bits per heavy atom. The quantitative estimate of drug-likeness (QED) is 0.156. The molecule has 1 aromatic heterocycles.